The van der Waals surface area contributed by atoms with Gasteiger partial charge in [0.25, 0.3) is 0 Å². The van der Waals surface area contributed by atoms with Gasteiger partial charge in [-0.1, -0.05) is 41.5 Å². The molecule has 28 heavy (non-hydrogen) atoms. The monoisotopic (exact) mass is 514 g/mol. The molecule has 0 aliphatic heterocycles. The fraction of sp³-hybridized carbons (Fsp3) is 1.00. The second kappa shape index (κ2) is 25.8. The minimum Gasteiger partial charge on any atom is -0.326 e. The molecule has 178 valence electrons. The van der Waals surface area contributed by atoms with Crippen LogP contribution in [-0.2, 0) is 25.4 Å². The van der Waals surface area contributed by atoms with Crippen LogP contribution >= 0.6 is 24.1 Å². The van der Waals surface area contributed by atoms with E-state index in [4.69, 9.17) is 49.4 Å². The Balaban J connectivity index is -0.0000000801. The van der Waals surface area contributed by atoms with E-state index in [9.17, 15) is 0 Å². The Morgan fingerprint density at radius 1 is 0.571 bits per heavy atom. The third-order valence-electron chi connectivity index (χ3n) is 2.68. The van der Waals surface area contributed by atoms with Crippen molar-refractivity contribution in [3.63, 3.8) is 0 Å². The molecule has 0 spiro atoms. The molecule has 6 N–H and O–H groups in total. The van der Waals surface area contributed by atoms with Gasteiger partial charge in [0.05, 0.1) is 0 Å². The lowest BCUT2D eigenvalue weighted by Gasteiger charge is -2.07. The SMILES string of the molecule is CCP(CC)CC.CCP(CC)CC.O=S(=O)(O)O.O=S(=O)(O)O.O=[PH](O)O. The fourth-order valence-corrected chi connectivity index (χ4v) is 4.02. The van der Waals surface area contributed by atoms with E-state index in [1.54, 1.807) is 0 Å². The maximum Gasteiger partial charge on any atom is 0.394 e. The predicted octanol–water partition coefficient (Wildman–Crippen LogP) is 3.11. The number of rotatable bonds is 6. The number of hydrogen-bond donors (Lipinski definition) is 6. The first-order chi connectivity index (χ1) is 12.4. The van der Waals surface area contributed by atoms with Gasteiger partial charge >= 0.3 is 29.1 Å². The third-order valence-corrected chi connectivity index (χ3v) is 8.05. The van der Waals surface area contributed by atoms with Gasteiger partial charge in [0, 0.05) is 0 Å². The van der Waals surface area contributed by atoms with Crippen molar-refractivity contribution in [3.8, 4) is 0 Å². The highest BCUT2D eigenvalue weighted by molar-refractivity contribution is 7.80. The summed E-state index contributed by atoms with van der Waals surface area (Å²) in [5, 5.41) is 0. The highest BCUT2D eigenvalue weighted by Gasteiger charge is 1.94. The van der Waals surface area contributed by atoms with E-state index in [1.165, 1.54) is 37.0 Å². The molecule has 0 fully saturated rings. The first kappa shape index (κ1) is 39.2. The van der Waals surface area contributed by atoms with Gasteiger partial charge in [-0.05, 0) is 37.0 Å². The van der Waals surface area contributed by atoms with E-state index in [0.29, 0.717) is 15.8 Å². The van der Waals surface area contributed by atoms with E-state index in [-0.39, 0.29) is 0 Å². The summed E-state index contributed by atoms with van der Waals surface area (Å²) in [4.78, 5) is 14.3. The molecule has 0 aromatic carbocycles. The normalized spacial score (nSPS) is 10.5. The topological polar surface area (TPSA) is 207 Å². The van der Waals surface area contributed by atoms with E-state index in [1.807, 2.05) is 0 Å². The van der Waals surface area contributed by atoms with Crippen LogP contribution in [0.1, 0.15) is 41.5 Å². The maximum absolute atomic E-state index is 8.74. The molecular weight excluding hydrogens is 477 g/mol. The Labute approximate surface area is 173 Å². The predicted molar refractivity (Wildman–Crippen MR) is 119 cm³/mol. The first-order valence-electron chi connectivity index (χ1n) is 8.19. The molecule has 0 bridgehead atoms. The summed E-state index contributed by atoms with van der Waals surface area (Å²) in [6, 6.07) is 0. The van der Waals surface area contributed by atoms with Crippen LogP contribution in [0.5, 0.6) is 0 Å². The summed E-state index contributed by atoms with van der Waals surface area (Å²) in [7, 11) is -11.6. The van der Waals surface area contributed by atoms with Crippen LogP contribution in [0.3, 0.4) is 0 Å². The molecule has 16 heteroatoms. The molecule has 0 rings (SSSR count). The van der Waals surface area contributed by atoms with Crippen LogP contribution in [0.2, 0.25) is 0 Å². The zero-order valence-corrected chi connectivity index (χ0v) is 21.6. The van der Waals surface area contributed by atoms with E-state index >= 15 is 0 Å². The number of hydrogen-bond acceptors (Lipinski definition) is 5. The van der Waals surface area contributed by atoms with Crippen LogP contribution in [0.15, 0.2) is 0 Å². The Morgan fingerprint density at radius 3 is 0.643 bits per heavy atom. The van der Waals surface area contributed by atoms with Crippen molar-refractivity contribution in [2.24, 2.45) is 0 Å². The molecule has 0 heterocycles. The molecule has 0 amide bonds. The van der Waals surface area contributed by atoms with Crippen molar-refractivity contribution in [3.05, 3.63) is 0 Å². The van der Waals surface area contributed by atoms with Crippen LogP contribution in [0.4, 0.5) is 0 Å². The average molecular weight is 514 g/mol. The van der Waals surface area contributed by atoms with Crippen molar-refractivity contribution in [1.82, 2.24) is 0 Å². The minimum absolute atomic E-state index is 0.446. The largest absolute Gasteiger partial charge is 0.394 e. The summed E-state index contributed by atoms with van der Waals surface area (Å²) in [5.41, 5.74) is 0. The van der Waals surface area contributed by atoms with Gasteiger partial charge in [-0.15, -0.1) is 15.8 Å². The maximum atomic E-state index is 8.74. The quantitative estimate of drug-likeness (QED) is 0.224. The van der Waals surface area contributed by atoms with Crippen molar-refractivity contribution in [2.75, 3.05) is 37.0 Å². The fourth-order valence-electron chi connectivity index (χ4n) is 1.34. The van der Waals surface area contributed by atoms with Crippen molar-refractivity contribution >= 4 is 44.9 Å². The molecule has 0 aromatic heterocycles. The zero-order valence-electron chi connectivity index (χ0n) is 17.2. The molecule has 0 atom stereocenters. The summed E-state index contributed by atoms with van der Waals surface area (Å²) in [6.45, 7) is 13.7. The van der Waals surface area contributed by atoms with Gasteiger partial charge in [-0.3, -0.25) is 22.8 Å². The second-order valence-electron chi connectivity index (χ2n) is 4.42. The van der Waals surface area contributed by atoms with Crippen LogP contribution in [0.25, 0.3) is 0 Å². The molecule has 0 radical (unpaired) electrons. The molecule has 0 aliphatic carbocycles. The third kappa shape index (κ3) is 109. The lowest BCUT2D eigenvalue weighted by Crippen LogP contribution is -1.89. The summed E-state index contributed by atoms with van der Waals surface area (Å²) in [5.74, 6) is 0. The highest BCUT2D eigenvalue weighted by Crippen LogP contribution is 2.33. The van der Waals surface area contributed by atoms with Gasteiger partial charge < -0.3 is 9.79 Å². The minimum atomic E-state index is -4.67. The van der Waals surface area contributed by atoms with E-state index in [0.717, 1.165) is 0 Å². The van der Waals surface area contributed by atoms with Crippen molar-refractivity contribution in [2.45, 2.75) is 41.5 Å². The van der Waals surface area contributed by atoms with Crippen molar-refractivity contribution < 1.29 is 49.4 Å². The molecule has 0 saturated heterocycles. The van der Waals surface area contributed by atoms with Crippen molar-refractivity contribution in [1.29, 1.82) is 0 Å². The average Bonchev–Trinajstić information content (AvgIpc) is 2.47. The lowest BCUT2D eigenvalue weighted by atomic mass is 10.9. The van der Waals surface area contributed by atoms with Crippen LogP contribution < -0.4 is 0 Å². The molecule has 0 unspecified atom stereocenters. The van der Waals surface area contributed by atoms with E-state index < -0.39 is 29.1 Å². The Morgan fingerprint density at radius 2 is 0.643 bits per heavy atom. The Hall–Kier alpha value is 0.750. The van der Waals surface area contributed by atoms with Gasteiger partial charge in [0.2, 0.25) is 0 Å². The van der Waals surface area contributed by atoms with Gasteiger partial charge in [0.15, 0.2) is 0 Å². The lowest BCUT2D eigenvalue weighted by molar-refractivity contribution is 0.378. The molecule has 0 saturated carbocycles. The van der Waals surface area contributed by atoms with Gasteiger partial charge in [-0.25, -0.2) is 0 Å². The first-order valence-corrected chi connectivity index (χ1v) is 16.1. The highest BCUT2D eigenvalue weighted by atomic mass is 32.3. The second-order valence-corrected chi connectivity index (χ2v) is 13.3. The summed E-state index contributed by atoms with van der Waals surface area (Å²) < 4.78 is 71.9. The summed E-state index contributed by atoms with van der Waals surface area (Å²) in [6.07, 6.45) is 8.51. The van der Waals surface area contributed by atoms with Gasteiger partial charge in [-0.2, -0.15) is 16.8 Å². The summed E-state index contributed by atoms with van der Waals surface area (Å²) >= 11 is 0. The van der Waals surface area contributed by atoms with Crippen LogP contribution in [-0.4, -0.2) is 81.8 Å². The standard InChI is InChI=1S/2C6H15P.2H2O4S.H3O3P/c2*1-4-7(5-2)6-3;2*1-5(2,3)4;1-4(2)3/h2*4-6H2,1-3H3;2*(H2,1,2,3,4);4H,(H2,1,2,3). The Kier molecular flexibility index (Phi) is 36.1. The Bertz CT molecular complexity index is 446. The van der Waals surface area contributed by atoms with E-state index in [2.05, 4.69) is 41.5 Å². The zero-order chi connectivity index (χ0) is 24.0. The van der Waals surface area contributed by atoms with Crippen LogP contribution in [0, 0.1) is 0 Å². The molecule has 11 nitrogen and oxygen atoms in total. The van der Waals surface area contributed by atoms with Gasteiger partial charge in [0.1, 0.15) is 0 Å². The molecule has 0 aliphatic rings. The molecule has 0 aromatic rings. The molecular formula is C12H37O11P3S2. The smallest absolute Gasteiger partial charge is 0.326 e.